The van der Waals surface area contributed by atoms with E-state index in [1.54, 1.807) is 6.07 Å². The van der Waals surface area contributed by atoms with Crippen molar-refractivity contribution in [3.63, 3.8) is 0 Å². The number of halogens is 2. The first-order valence-corrected chi connectivity index (χ1v) is 7.36. The summed E-state index contributed by atoms with van der Waals surface area (Å²) in [4.78, 5) is 14.4. The molecule has 0 bridgehead atoms. The van der Waals surface area contributed by atoms with E-state index in [2.05, 4.69) is 0 Å². The normalized spacial score (nSPS) is 25.3. The molecule has 1 fully saturated rings. The minimum absolute atomic E-state index is 0. The molecule has 1 saturated carbocycles. The fraction of sp³-hybridized carbons (Fsp3) is 0.533. The second-order valence-corrected chi connectivity index (χ2v) is 6.08. The Morgan fingerprint density at radius 1 is 1.25 bits per heavy atom. The molecular weight excluding hydrogens is 295 g/mol. The molecule has 0 unspecified atom stereocenters. The molecule has 3 rings (SSSR count). The van der Waals surface area contributed by atoms with E-state index in [9.17, 15) is 4.79 Å². The van der Waals surface area contributed by atoms with Gasteiger partial charge in [-0.3, -0.25) is 4.79 Å². The number of hydrogen-bond donors (Lipinski definition) is 1. The van der Waals surface area contributed by atoms with Crippen molar-refractivity contribution in [2.45, 2.75) is 38.3 Å². The van der Waals surface area contributed by atoms with Gasteiger partial charge in [0.25, 0.3) is 5.91 Å². The molecule has 0 saturated heterocycles. The van der Waals surface area contributed by atoms with Crippen molar-refractivity contribution < 1.29 is 4.79 Å². The Bertz CT molecular complexity index is 499. The maximum absolute atomic E-state index is 12.4. The molecule has 0 spiro atoms. The average Bonchev–Trinajstić information content (AvgIpc) is 2.75. The first-order chi connectivity index (χ1) is 9.19. The number of nitrogens with zero attached hydrogens (tertiary/aromatic N) is 1. The predicted octanol–water partition coefficient (Wildman–Crippen LogP) is 3.24. The van der Waals surface area contributed by atoms with Crippen LogP contribution in [0.2, 0.25) is 5.02 Å². The van der Waals surface area contributed by atoms with Crippen molar-refractivity contribution in [1.82, 2.24) is 4.90 Å². The Hall–Kier alpha value is -0.770. The Morgan fingerprint density at radius 2 is 1.95 bits per heavy atom. The minimum atomic E-state index is 0. The van der Waals surface area contributed by atoms with E-state index in [0.29, 0.717) is 23.5 Å². The van der Waals surface area contributed by atoms with Gasteiger partial charge in [-0.25, -0.2) is 0 Å². The van der Waals surface area contributed by atoms with Gasteiger partial charge in [-0.1, -0.05) is 11.6 Å². The van der Waals surface area contributed by atoms with Crippen LogP contribution in [0, 0.1) is 5.92 Å². The molecule has 1 aliphatic heterocycles. The summed E-state index contributed by atoms with van der Waals surface area (Å²) in [7, 11) is 0. The summed E-state index contributed by atoms with van der Waals surface area (Å²) >= 11 is 6.00. The number of amides is 1. The summed E-state index contributed by atoms with van der Waals surface area (Å²) in [5.41, 5.74) is 7.61. The highest BCUT2D eigenvalue weighted by Gasteiger charge is 2.34. The Labute approximate surface area is 130 Å². The molecule has 0 atom stereocenters. The van der Waals surface area contributed by atoms with Crippen LogP contribution in [0.1, 0.15) is 41.6 Å². The second kappa shape index (κ2) is 6.33. The monoisotopic (exact) mass is 314 g/mol. The Kier molecular flexibility index (Phi) is 4.95. The van der Waals surface area contributed by atoms with Gasteiger partial charge in [0, 0.05) is 23.2 Å². The average molecular weight is 315 g/mol. The van der Waals surface area contributed by atoms with Crippen molar-refractivity contribution in [3.05, 3.63) is 34.3 Å². The lowest BCUT2D eigenvalue weighted by atomic mass is 9.85. The molecule has 20 heavy (non-hydrogen) atoms. The van der Waals surface area contributed by atoms with Crippen LogP contribution in [0.5, 0.6) is 0 Å². The van der Waals surface area contributed by atoms with E-state index in [1.165, 1.54) is 0 Å². The number of carbonyl (C=O) groups is 1. The number of nitrogens with two attached hydrogens (primary N) is 1. The van der Waals surface area contributed by atoms with Crippen LogP contribution in [0.3, 0.4) is 0 Å². The molecule has 1 amide bonds. The van der Waals surface area contributed by atoms with Gasteiger partial charge in [-0.15, -0.1) is 12.4 Å². The zero-order chi connectivity index (χ0) is 13.4. The summed E-state index contributed by atoms with van der Waals surface area (Å²) in [5.74, 6) is 0.814. The van der Waals surface area contributed by atoms with E-state index >= 15 is 0 Å². The molecule has 0 aromatic heterocycles. The van der Waals surface area contributed by atoms with Gasteiger partial charge in [0.1, 0.15) is 0 Å². The van der Waals surface area contributed by atoms with Crippen LogP contribution in [-0.2, 0) is 6.54 Å². The zero-order valence-electron chi connectivity index (χ0n) is 11.3. The molecule has 1 aliphatic carbocycles. The maximum atomic E-state index is 12.4. The van der Waals surface area contributed by atoms with E-state index in [-0.39, 0.29) is 18.3 Å². The van der Waals surface area contributed by atoms with Crippen molar-refractivity contribution in [3.8, 4) is 0 Å². The third-order valence-electron chi connectivity index (χ3n) is 4.49. The quantitative estimate of drug-likeness (QED) is 0.911. The van der Waals surface area contributed by atoms with Crippen molar-refractivity contribution in [1.29, 1.82) is 0 Å². The third kappa shape index (κ3) is 2.80. The number of fused-ring (bicyclic) bond motifs is 1. The van der Waals surface area contributed by atoms with E-state index in [4.69, 9.17) is 17.3 Å². The Morgan fingerprint density at radius 3 is 2.60 bits per heavy atom. The zero-order valence-corrected chi connectivity index (χ0v) is 12.9. The molecular formula is C15H20Cl2N2O. The van der Waals surface area contributed by atoms with Gasteiger partial charge in [-0.2, -0.15) is 0 Å². The molecule has 3 nitrogen and oxygen atoms in total. The van der Waals surface area contributed by atoms with E-state index < -0.39 is 0 Å². The summed E-state index contributed by atoms with van der Waals surface area (Å²) < 4.78 is 0. The molecule has 5 heteroatoms. The lowest BCUT2D eigenvalue weighted by Gasteiger charge is -2.34. The van der Waals surface area contributed by atoms with Gasteiger partial charge in [0.15, 0.2) is 0 Å². The first kappa shape index (κ1) is 15.6. The maximum Gasteiger partial charge on any atom is 0.254 e. The molecule has 1 aromatic rings. The van der Waals surface area contributed by atoms with Crippen LogP contribution in [0.25, 0.3) is 0 Å². The van der Waals surface area contributed by atoms with Gasteiger partial charge in [0.2, 0.25) is 0 Å². The fourth-order valence-electron chi connectivity index (χ4n) is 3.30. The molecule has 2 N–H and O–H groups in total. The van der Waals surface area contributed by atoms with Gasteiger partial charge in [-0.05, 0) is 61.9 Å². The van der Waals surface area contributed by atoms with Crippen molar-refractivity contribution >= 4 is 29.9 Å². The standard InChI is InChI=1S/C15H19ClN2O.ClH/c16-12-3-6-14-11(7-12)9-18(15(14)19)13-4-1-10(8-17)2-5-13;/h3,6-7,10,13H,1-2,4-5,8-9,17H2;1H. The van der Waals surface area contributed by atoms with Crippen LogP contribution in [0.4, 0.5) is 0 Å². The van der Waals surface area contributed by atoms with Gasteiger partial charge >= 0.3 is 0 Å². The molecule has 1 heterocycles. The number of rotatable bonds is 2. The van der Waals surface area contributed by atoms with E-state index in [1.807, 2.05) is 17.0 Å². The smallest absolute Gasteiger partial charge is 0.254 e. The highest BCUT2D eigenvalue weighted by Crippen LogP contribution is 2.33. The lowest BCUT2D eigenvalue weighted by Crippen LogP contribution is -2.39. The second-order valence-electron chi connectivity index (χ2n) is 5.64. The molecule has 0 radical (unpaired) electrons. The lowest BCUT2D eigenvalue weighted by molar-refractivity contribution is 0.0638. The van der Waals surface area contributed by atoms with Crippen LogP contribution in [0.15, 0.2) is 18.2 Å². The van der Waals surface area contributed by atoms with Crippen molar-refractivity contribution in [2.24, 2.45) is 11.7 Å². The molecule has 110 valence electrons. The largest absolute Gasteiger partial charge is 0.331 e. The van der Waals surface area contributed by atoms with Crippen molar-refractivity contribution in [2.75, 3.05) is 6.54 Å². The summed E-state index contributed by atoms with van der Waals surface area (Å²) in [6.07, 6.45) is 4.44. The predicted molar refractivity (Wildman–Crippen MR) is 83.4 cm³/mol. The number of carbonyl (C=O) groups excluding carboxylic acids is 1. The SMILES string of the molecule is Cl.NCC1CCC(N2Cc3cc(Cl)ccc3C2=O)CC1. The van der Waals surface area contributed by atoms with Gasteiger partial charge in [0.05, 0.1) is 0 Å². The first-order valence-electron chi connectivity index (χ1n) is 6.98. The third-order valence-corrected chi connectivity index (χ3v) is 4.72. The van der Waals surface area contributed by atoms with Gasteiger partial charge < -0.3 is 10.6 Å². The number of benzene rings is 1. The Balaban J connectivity index is 0.00000147. The minimum Gasteiger partial charge on any atom is -0.331 e. The fourth-order valence-corrected chi connectivity index (χ4v) is 3.49. The summed E-state index contributed by atoms with van der Waals surface area (Å²) in [5, 5.41) is 0.709. The summed E-state index contributed by atoms with van der Waals surface area (Å²) in [6, 6.07) is 5.94. The highest BCUT2D eigenvalue weighted by atomic mass is 35.5. The van der Waals surface area contributed by atoms with E-state index in [0.717, 1.165) is 43.4 Å². The highest BCUT2D eigenvalue weighted by molar-refractivity contribution is 6.30. The van der Waals surface area contributed by atoms with Crippen LogP contribution < -0.4 is 5.73 Å². The summed E-state index contributed by atoms with van der Waals surface area (Å²) in [6.45, 7) is 1.49. The molecule has 2 aliphatic rings. The molecule has 1 aromatic carbocycles. The van der Waals surface area contributed by atoms with Crippen LogP contribution >= 0.6 is 24.0 Å². The topological polar surface area (TPSA) is 46.3 Å². The number of hydrogen-bond acceptors (Lipinski definition) is 2. The van der Waals surface area contributed by atoms with Crippen LogP contribution in [-0.4, -0.2) is 23.4 Å².